The molecule has 1 heterocycles. The Balaban J connectivity index is 2.12. The normalized spacial score (nSPS) is 11.0. The average Bonchev–Trinajstić information content (AvgIpc) is 2.55. The first-order valence-corrected chi connectivity index (χ1v) is 6.99. The molecule has 6 nitrogen and oxygen atoms in total. The number of halogens is 1. The molecule has 3 aromatic rings. The standard InChI is InChI=1S/C17H12FN3O3/c18-11-5-4-6-12(9-11)19-10-14-15(22)20-17(24)21(16(14)23)13-7-2-1-3-8-13/h1-10,23H,(H,20,22,24). The summed E-state index contributed by atoms with van der Waals surface area (Å²) in [4.78, 5) is 30.0. The Morgan fingerprint density at radius 1 is 1.08 bits per heavy atom. The highest BCUT2D eigenvalue weighted by Crippen LogP contribution is 2.17. The monoisotopic (exact) mass is 325 g/mol. The lowest BCUT2D eigenvalue weighted by atomic mass is 10.3. The van der Waals surface area contributed by atoms with Crippen molar-refractivity contribution in [2.24, 2.45) is 4.99 Å². The third-order valence-electron chi connectivity index (χ3n) is 3.29. The second-order valence-corrected chi connectivity index (χ2v) is 4.91. The van der Waals surface area contributed by atoms with Crippen molar-refractivity contribution in [1.29, 1.82) is 0 Å². The van der Waals surface area contributed by atoms with Gasteiger partial charge in [-0.05, 0) is 30.3 Å². The highest BCUT2D eigenvalue weighted by Gasteiger charge is 2.13. The van der Waals surface area contributed by atoms with Gasteiger partial charge in [0.15, 0.2) is 0 Å². The summed E-state index contributed by atoms with van der Waals surface area (Å²) in [6, 6.07) is 13.8. The molecule has 3 rings (SSSR count). The molecule has 2 aromatic carbocycles. The molecule has 120 valence electrons. The van der Waals surface area contributed by atoms with E-state index < -0.39 is 22.9 Å². The highest BCUT2D eigenvalue weighted by molar-refractivity contribution is 5.84. The maximum atomic E-state index is 13.2. The Morgan fingerprint density at radius 2 is 1.83 bits per heavy atom. The molecular weight excluding hydrogens is 313 g/mol. The van der Waals surface area contributed by atoms with Crippen LogP contribution < -0.4 is 11.2 Å². The second-order valence-electron chi connectivity index (χ2n) is 4.91. The van der Waals surface area contributed by atoms with Gasteiger partial charge >= 0.3 is 5.69 Å². The van der Waals surface area contributed by atoms with Crippen molar-refractivity contribution in [3.63, 3.8) is 0 Å². The smallest absolute Gasteiger partial charge is 0.335 e. The molecule has 0 fully saturated rings. The van der Waals surface area contributed by atoms with Crippen molar-refractivity contribution in [3.8, 4) is 11.6 Å². The number of nitrogens with zero attached hydrogens (tertiary/aromatic N) is 2. The van der Waals surface area contributed by atoms with Crippen molar-refractivity contribution < 1.29 is 9.50 Å². The summed E-state index contributed by atoms with van der Waals surface area (Å²) in [6.07, 6.45) is 1.09. The fourth-order valence-electron chi connectivity index (χ4n) is 2.17. The van der Waals surface area contributed by atoms with Crippen LogP contribution in [0.4, 0.5) is 10.1 Å². The predicted octanol–water partition coefficient (Wildman–Crippen LogP) is 2.12. The second kappa shape index (κ2) is 6.33. The molecule has 0 bridgehead atoms. The molecule has 1 aromatic heterocycles. The van der Waals surface area contributed by atoms with Crippen LogP contribution in [0.15, 0.2) is 69.2 Å². The van der Waals surface area contributed by atoms with E-state index in [9.17, 15) is 19.1 Å². The van der Waals surface area contributed by atoms with E-state index in [0.29, 0.717) is 5.69 Å². The van der Waals surface area contributed by atoms with E-state index in [2.05, 4.69) is 9.98 Å². The average molecular weight is 325 g/mol. The van der Waals surface area contributed by atoms with Gasteiger partial charge in [0.2, 0.25) is 5.88 Å². The van der Waals surface area contributed by atoms with Crippen LogP contribution >= 0.6 is 0 Å². The zero-order valence-electron chi connectivity index (χ0n) is 12.3. The van der Waals surface area contributed by atoms with E-state index >= 15 is 0 Å². The minimum atomic E-state index is -0.787. The Kier molecular flexibility index (Phi) is 4.07. The van der Waals surface area contributed by atoms with E-state index in [1.54, 1.807) is 30.3 Å². The van der Waals surface area contributed by atoms with Gasteiger partial charge in [-0.3, -0.25) is 14.8 Å². The molecule has 0 unspecified atom stereocenters. The molecule has 0 saturated carbocycles. The summed E-state index contributed by atoms with van der Waals surface area (Å²) < 4.78 is 14.1. The number of nitrogens with one attached hydrogen (secondary N) is 1. The SMILES string of the molecule is O=c1[nH]c(=O)n(-c2ccccc2)c(O)c1C=Nc1cccc(F)c1. The van der Waals surface area contributed by atoms with Crippen LogP contribution in [0.2, 0.25) is 0 Å². The number of aromatic amines is 1. The molecule has 0 saturated heterocycles. The van der Waals surface area contributed by atoms with E-state index in [-0.39, 0.29) is 11.3 Å². The maximum Gasteiger partial charge on any atom is 0.335 e. The fourth-order valence-corrected chi connectivity index (χ4v) is 2.17. The predicted molar refractivity (Wildman–Crippen MR) is 88.0 cm³/mol. The van der Waals surface area contributed by atoms with Gasteiger partial charge < -0.3 is 5.11 Å². The van der Waals surface area contributed by atoms with E-state index in [1.165, 1.54) is 24.3 Å². The summed E-state index contributed by atoms with van der Waals surface area (Å²) in [5, 5.41) is 10.3. The molecule has 0 aliphatic rings. The molecule has 0 spiro atoms. The van der Waals surface area contributed by atoms with Crippen LogP contribution in [0.5, 0.6) is 5.88 Å². The first-order chi connectivity index (χ1) is 11.6. The lowest BCUT2D eigenvalue weighted by molar-refractivity contribution is 0.430. The minimum absolute atomic E-state index is 0.206. The van der Waals surface area contributed by atoms with Crippen LogP contribution in [0.1, 0.15) is 5.56 Å². The van der Waals surface area contributed by atoms with Gasteiger partial charge in [-0.2, -0.15) is 0 Å². The molecule has 7 heteroatoms. The van der Waals surface area contributed by atoms with Crippen molar-refractivity contribution in [2.45, 2.75) is 0 Å². The topological polar surface area (TPSA) is 87.5 Å². The molecule has 0 aliphatic heterocycles. The number of aliphatic imine (C=N–C) groups is 1. The van der Waals surface area contributed by atoms with Gasteiger partial charge in [-0.1, -0.05) is 24.3 Å². The zero-order valence-corrected chi connectivity index (χ0v) is 12.3. The van der Waals surface area contributed by atoms with Crippen LogP contribution in [-0.4, -0.2) is 20.9 Å². The third kappa shape index (κ3) is 3.00. The largest absolute Gasteiger partial charge is 0.493 e. The molecule has 2 N–H and O–H groups in total. The van der Waals surface area contributed by atoms with Crippen LogP contribution in [0.3, 0.4) is 0 Å². The lowest BCUT2D eigenvalue weighted by Gasteiger charge is -2.09. The number of hydrogen-bond acceptors (Lipinski definition) is 4. The van der Waals surface area contributed by atoms with Crippen molar-refractivity contribution in [1.82, 2.24) is 9.55 Å². The summed E-state index contributed by atoms with van der Waals surface area (Å²) in [7, 11) is 0. The van der Waals surface area contributed by atoms with Gasteiger partial charge in [-0.15, -0.1) is 0 Å². The highest BCUT2D eigenvalue weighted by atomic mass is 19.1. The number of aromatic hydroxyl groups is 1. The Morgan fingerprint density at radius 3 is 2.54 bits per heavy atom. The number of aromatic nitrogens is 2. The lowest BCUT2D eigenvalue weighted by Crippen LogP contribution is -2.31. The Bertz CT molecular complexity index is 1020. The van der Waals surface area contributed by atoms with Crippen molar-refractivity contribution >= 4 is 11.9 Å². The van der Waals surface area contributed by atoms with E-state index in [4.69, 9.17) is 0 Å². The zero-order chi connectivity index (χ0) is 17.1. The summed E-state index contributed by atoms with van der Waals surface area (Å²) in [6.45, 7) is 0. The molecule has 24 heavy (non-hydrogen) atoms. The fraction of sp³-hybridized carbons (Fsp3) is 0. The Hall–Kier alpha value is -3.48. The van der Waals surface area contributed by atoms with E-state index in [1.807, 2.05) is 0 Å². The summed E-state index contributed by atoms with van der Waals surface area (Å²) in [5.41, 5.74) is -1.11. The van der Waals surface area contributed by atoms with Crippen LogP contribution in [-0.2, 0) is 0 Å². The van der Waals surface area contributed by atoms with Gasteiger partial charge in [0, 0.05) is 6.21 Å². The molecule has 0 radical (unpaired) electrons. The van der Waals surface area contributed by atoms with Gasteiger partial charge in [0.05, 0.1) is 11.4 Å². The minimum Gasteiger partial charge on any atom is -0.493 e. The number of H-pyrrole nitrogens is 1. The van der Waals surface area contributed by atoms with Crippen LogP contribution in [0.25, 0.3) is 5.69 Å². The number of hydrogen-bond donors (Lipinski definition) is 2. The summed E-state index contributed by atoms with van der Waals surface area (Å²) in [5.74, 6) is -1.02. The first kappa shape index (κ1) is 15.4. The quantitative estimate of drug-likeness (QED) is 0.723. The molecule has 0 amide bonds. The summed E-state index contributed by atoms with van der Waals surface area (Å²) >= 11 is 0. The van der Waals surface area contributed by atoms with E-state index in [0.717, 1.165) is 10.8 Å². The molecular formula is C17H12FN3O3. The molecule has 0 atom stereocenters. The van der Waals surface area contributed by atoms with Crippen LogP contribution in [0, 0.1) is 5.82 Å². The van der Waals surface area contributed by atoms with Gasteiger partial charge in [0.1, 0.15) is 11.4 Å². The maximum absolute atomic E-state index is 13.2. The third-order valence-corrected chi connectivity index (χ3v) is 3.29. The number of para-hydroxylation sites is 1. The van der Waals surface area contributed by atoms with Crippen molar-refractivity contribution in [2.75, 3.05) is 0 Å². The van der Waals surface area contributed by atoms with Gasteiger partial charge in [-0.25, -0.2) is 13.8 Å². The Labute approximate surface area is 135 Å². The van der Waals surface area contributed by atoms with Gasteiger partial charge in [0.25, 0.3) is 5.56 Å². The number of benzene rings is 2. The number of rotatable bonds is 3. The van der Waals surface area contributed by atoms with Crippen molar-refractivity contribution in [3.05, 3.63) is 86.8 Å². The molecule has 0 aliphatic carbocycles. The first-order valence-electron chi connectivity index (χ1n) is 6.99.